The minimum Gasteiger partial charge on any atom is -0.512 e. The Morgan fingerprint density at radius 2 is 1.38 bits per heavy atom. The van der Waals surface area contributed by atoms with E-state index in [1.165, 1.54) is 36.8 Å². The van der Waals surface area contributed by atoms with Crippen molar-refractivity contribution in [2.24, 2.45) is 35.5 Å². The molecule has 0 fully saturated rings. The maximum absolute atomic E-state index is 12.3. The first-order chi connectivity index (χ1) is 21.7. The number of hydrogen-bond donors (Lipinski definition) is 1. The second-order valence-corrected chi connectivity index (χ2v) is 28.0. The number of benzene rings is 2. The summed E-state index contributed by atoms with van der Waals surface area (Å²) in [6.07, 6.45) is 3.21. The van der Waals surface area contributed by atoms with E-state index in [4.69, 9.17) is 4.98 Å². The minimum absolute atomic E-state index is 0. The molecule has 0 atom stereocenters. The van der Waals surface area contributed by atoms with Crippen LogP contribution in [0.15, 0.2) is 48.5 Å². The molecule has 48 heavy (non-hydrogen) atoms. The molecule has 0 aliphatic heterocycles. The molecule has 0 saturated heterocycles. The summed E-state index contributed by atoms with van der Waals surface area (Å²) in [5.41, 5.74) is 4.59. The van der Waals surface area contributed by atoms with Crippen LogP contribution < -0.4 is 9.69 Å². The van der Waals surface area contributed by atoms with Gasteiger partial charge in [-0.2, -0.15) is 0 Å². The minimum atomic E-state index is -1.52. The van der Waals surface area contributed by atoms with E-state index in [1.54, 1.807) is 6.33 Å². The van der Waals surface area contributed by atoms with E-state index in [1.807, 2.05) is 11.3 Å². The predicted molar refractivity (Wildman–Crippen MR) is 212 cm³/mol. The molecular weight excluding hydrogens is 821 g/mol. The third-order valence-electron chi connectivity index (χ3n) is 9.06. The molecule has 1 radical (unpaired) electrons. The van der Waals surface area contributed by atoms with Crippen LogP contribution in [0.1, 0.15) is 61.0 Å². The zero-order chi connectivity index (χ0) is 35.6. The largest absolute Gasteiger partial charge is 0.512 e. The summed E-state index contributed by atoms with van der Waals surface area (Å²) >= 11 is 1.90. The van der Waals surface area contributed by atoms with Crippen LogP contribution >= 0.6 is 11.3 Å². The number of hydrogen-bond acceptors (Lipinski definition) is 5. The van der Waals surface area contributed by atoms with Crippen molar-refractivity contribution in [1.29, 1.82) is 0 Å². The molecular formula is C40H59IrN2O2SSi2-. The predicted octanol–water partition coefficient (Wildman–Crippen LogP) is 10.6. The first kappa shape index (κ1) is 42.2. The van der Waals surface area contributed by atoms with E-state index in [-0.39, 0.29) is 43.5 Å². The van der Waals surface area contributed by atoms with Gasteiger partial charge in [-0.3, -0.25) is 9.78 Å². The SMILES string of the molecule is CC(C)C(C(=O)/C=C(\O)C(C(C)C)C(C)C)C(C)C.Cc1c([Si](C)(C)C)sc2c(-c3[c-]c4ccccc4c([Si](C)(C)C)c3)ncnc12.[Ir]. The van der Waals surface area contributed by atoms with Crippen molar-refractivity contribution in [2.45, 2.75) is 102 Å². The molecule has 4 nitrogen and oxygen atoms in total. The molecule has 8 heteroatoms. The van der Waals surface area contributed by atoms with E-state index in [9.17, 15) is 9.90 Å². The van der Waals surface area contributed by atoms with E-state index in [0.717, 1.165) is 16.8 Å². The van der Waals surface area contributed by atoms with Crippen molar-refractivity contribution in [3.05, 3.63) is 60.1 Å². The number of nitrogens with zero attached hydrogens (tertiary/aromatic N) is 2. The monoisotopic (exact) mass is 880 g/mol. The number of carbonyl (C=O) groups excluding carboxylic acids is 1. The average molecular weight is 880 g/mol. The number of ketones is 1. The van der Waals surface area contributed by atoms with Gasteiger partial charge in [0.15, 0.2) is 5.78 Å². The molecule has 0 aliphatic carbocycles. The van der Waals surface area contributed by atoms with E-state index in [2.05, 4.69) is 143 Å². The number of aliphatic hydroxyl groups is 1. The molecule has 0 unspecified atom stereocenters. The molecule has 1 N–H and O–H groups in total. The summed E-state index contributed by atoms with van der Waals surface area (Å²) in [7, 11) is -2.94. The van der Waals surface area contributed by atoms with Gasteiger partial charge in [-0.15, -0.1) is 40.1 Å². The third-order valence-corrected chi connectivity index (χ3v) is 16.1. The average Bonchev–Trinajstić information content (AvgIpc) is 3.28. The van der Waals surface area contributed by atoms with Crippen molar-refractivity contribution in [1.82, 2.24) is 9.97 Å². The van der Waals surface area contributed by atoms with Gasteiger partial charge in [-0.05, 0) is 40.7 Å². The molecule has 2 aromatic heterocycles. The second-order valence-electron chi connectivity index (χ2n) is 16.6. The van der Waals surface area contributed by atoms with Gasteiger partial charge in [0.05, 0.1) is 27.4 Å². The Kier molecular flexibility index (Phi) is 14.8. The number of carbonyl (C=O) groups is 1. The van der Waals surface area contributed by atoms with Crippen molar-refractivity contribution in [3.63, 3.8) is 0 Å². The van der Waals surface area contributed by atoms with Gasteiger partial charge in [-0.25, -0.2) is 4.98 Å². The Labute approximate surface area is 310 Å². The summed E-state index contributed by atoms with van der Waals surface area (Å²) in [5, 5.41) is 14.3. The van der Waals surface area contributed by atoms with Crippen molar-refractivity contribution in [2.75, 3.05) is 0 Å². The van der Waals surface area contributed by atoms with E-state index >= 15 is 0 Å². The number of aryl methyl sites for hydroxylation is 1. The van der Waals surface area contributed by atoms with Crippen LogP contribution in [0.4, 0.5) is 0 Å². The zero-order valence-corrected chi connectivity index (χ0v) is 37.2. The van der Waals surface area contributed by atoms with Gasteiger partial charge in [0.25, 0.3) is 0 Å². The zero-order valence-electron chi connectivity index (χ0n) is 32.0. The molecule has 0 spiro atoms. The van der Waals surface area contributed by atoms with Crippen LogP contribution in [0.5, 0.6) is 0 Å². The molecule has 0 saturated carbocycles. The summed E-state index contributed by atoms with van der Waals surface area (Å²) < 4.78 is 2.74. The Morgan fingerprint density at radius 1 is 0.833 bits per heavy atom. The van der Waals surface area contributed by atoms with Gasteiger partial charge < -0.3 is 5.11 Å². The number of thiophene rings is 1. The number of fused-ring (bicyclic) bond motifs is 2. The molecule has 4 aromatic rings. The van der Waals surface area contributed by atoms with Crippen LogP contribution in [0.3, 0.4) is 0 Å². The molecule has 2 aromatic carbocycles. The Morgan fingerprint density at radius 3 is 1.88 bits per heavy atom. The second kappa shape index (κ2) is 16.8. The Hall–Kier alpha value is -1.97. The number of rotatable bonds is 10. The van der Waals surface area contributed by atoms with E-state index in [0.29, 0.717) is 23.7 Å². The van der Waals surface area contributed by atoms with E-state index < -0.39 is 16.1 Å². The molecule has 0 bridgehead atoms. The van der Waals surface area contributed by atoms with Gasteiger partial charge >= 0.3 is 0 Å². The molecule has 0 aliphatic rings. The number of aliphatic hydroxyl groups excluding tert-OH is 1. The van der Waals surface area contributed by atoms with Crippen LogP contribution in [-0.2, 0) is 24.9 Å². The number of aromatic nitrogens is 2. The molecule has 2 heterocycles. The van der Waals surface area contributed by atoms with Crippen LogP contribution in [0.2, 0.25) is 39.3 Å². The normalized spacial score (nSPS) is 12.9. The fourth-order valence-electron chi connectivity index (χ4n) is 7.13. The fraction of sp³-hybridized carbons (Fsp3) is 0.525. The fourth-order valence-corrected chi connectivity index (χ4v) is 12.5. The number of allylic oxidation sites excluding steroid dienone is 2. The summed E-state index contributed by atoms with van der Waals surface area (Å²) in [4.78, 5) is 21.7. The van der Waals surface area contributed by atoms with Crippen molar-refractivity contribution in [3.8, 4) is 11.3 Å². The first-order valence-corrected chi connectivity index (χ1v) is 25.1. The van der Waals surface area contributed by atoms with Gasteiger partial charge in [-0.1, -0.05) is 124 Å². The Balaban J connectivity index is 0.000000355. The summed E-state index contributed by atoms with van der Waals surface area (Å²) in [6, 6.07) is 14.7. The smallest absolute Gasteiger partial charge is 0.162 e. The van der Waals surface area contributed by atoms with Crippen molar-refractivity contribution < 1.29 is 30.0 Å². The van der Waals surface area contributed by atoms with Gasteiger partial charge in [0.2, 0.25) is 0 Å². The maximum atomic E-state index is 12.3. The van der Waals surface area contributed by atoms with Crippen LogP contribution in [0, 0.1) is 48.5 Å². The molecule has 265 valence electrons. The summed E-state index contributed by atoms with van der Waals surface area (Å²) in [6.45, 7) is 33.3. The quantitative estimate of drug-likeness (QED) is 0.0746. The third kappa shape index (κ3) is 9.84. The molecule has 4 rings (SSSR count). The van der Waals surface area contributed by atoms with Gasteiger partial charge in [0, 0.05) is 48.4 Å². The maximum Gasteiger partial charge on any atom is 0.162 e. The van der Waals surface area contributed by atoms with Crippen LogP contribution in [-0.4, -0.2) is 37.0 Å². The van der Waals surface area contributed by atoms with Crippen molar-refractivity contribution >= 4 is 63.9 Å². The summed E-state index contributed by atoms with van der Waals surface area (Å²) in [5.74, 6) is 1.63. The Bertz CT molecular complexity index is 1710. The molecule has 0 amide bonds. The van der Waals surface area contributed by atoms with Gasteiger partial charge in [0.1, 0.15) is 6.33 Å². The first-order valence-electron chi connectivity index (χ1n) is 17.3. The van der Waals surface area contributed by atoms with Crippen LogP contribution in [0.25, 0.3) is 32.2 Å². The topological polar surface area (TPSA) is 63.1 Å². The standard InChI is InChI=1S/C23H27N2SSi2.C17H32O2.Ir/c1-15-20-22(26-23(15)28(5,6)7)21(25-14-24-20)17-12-16-10-8-9-11-18(16)19(13-17)27(2,3)4;1-10(2)16(11(3)4)14(18)9-15(19)17(12(5)6)13(7)8;/h8-11,13-14H,1-7H3;9-13,16-18H,1-8H3;/q-1;;/b;14-9-;.